The average molecular weight is 246 g/mol. The van der Waals surface area contributed by atoms with Gasteiger partial charge in [-0.1, -0.05) is 12.1 Å². The van der Waals surface area contributed by atoms with E-state index in [9.17, 15) is 14.9 Å². The molecule has 0 saturated carbocycles. The number of non-ortho nitro benzene ring substituents is 1. The highest BCUT2D eigenvalue weighted by Crippen LogP contribution is 2.15. The summed E-state index contributed by atoms with van der Waals surface area (Å²) < 4.78 is 0. The summed E-state index contributed by atoms with van der Waals surface area (Å²) in [6.07, 6.45) is 5.20. The summed E-state index contributed by atoms with van der Waals surface area (Å²) in [5.41, 5.74) is 0.697. The van der Waals surface area contributed by atoms with Gasteiger partial charge in [0.1, 0.15) is 0 Å². The topological polar surface area (TPSA) is 63.4 Å². The van der Waals surface area contributed by atoms with Crippen molar-refractivity contribution >= 4 is 17.7 Å². The molecule has 1 aliphatic heterocycles. The fourth-order valence-electron chi connectivity index (χ4n) is 1.95. The summed E-state index contributed by atoms with van der Waals surface area (Å²) in [6.45, 7) is 1.61. The molecular formula is C13H14N2O3. The smallest absolute Gasteiger partial charge is 0.270 e. The van der Waals surface area contributed by atoms with Crippen LogP contribution in [0.4, 0.5) is 5.69 Å². The number of likely N-dealkylation sites (tertiary alicyclic amines) is 1. The second-order valence-corrected chi connectivity index (χ2v) is 4.22. The zero-order chi connectivity index (χ0) is 13.0. The molecule has 1 saturated heterocycles. The summed E-state index contributed by atoms with van der Waals surface area (Å²) >= 11 is 0. The molecule has 94 valence electrons. The van der Waals surface area contributed by atoms with Gasteiger partial charge in [-0.15, -0.1) is 0 Å². The van der Waals surface area contributed by atoms with E-state index in [1.54, 1.807) is 23.1 Å². The Morgan fingerprint density at radius 1 is 1.33 bits per heavy atom. The monoisotopic (exact) mass is 246 g/mol. The van der Waals surface area contributed by atoms with Crippen LogP contribution in [0.1, 0.15) is 18.4 Å². The standard InChI is InChI=1S/C13H14N2O3/c16-13(14-8-1-2-9-14)7-6-11-4-3-5-12(10-11)15(17)18/h3-7,10H,1-2,8-9H2/b7-6-. The van der Waals surface area contributed by atoms with E-state index in [4.69, 9.17) is 0 Å². The van der Waals surface area contributed by atoms with E-state index in [1.165, 1.54) is 18.2 Å². The Kier molecular flexibility index (Phi) is 3.72. The van der Waals surface area contributed by atoms with E-state index in [2.05, 4.69) is 0 Å². The van der Waals surface area contributed by atoms with Crippen molar-refractivity contribution in [3.63, 3.8) is 0 Å². The average Bonchev–Trinajstić information content (AvgIpc) is 2.90. The highest BCUT2D eigenvalue weighted by molar-refractivity contribution is 5.92. The lowest BCUT2D eigenvalue weighted by molar-refractivity contribution is -0.384. The molecule has 0 spiro atoms. The minimum Gasteiger partial charge on any atom is -0.339 e. The van der Waals surface area contributed by atoms with Crippen molar-refractivity contribution < 1.29 is 9.72 Å². The lowest BCUT2D eigenvalue weighted by atomic mass is 10.2. The first-order chi connectivity index (χ1) is 8.66. The highest BCUT2D eigenvalue weighted by atomic mass is 16.6. The molecule has 0 aliphatic carbocycles. The van der Waals surface area contributed by atoms with Crippen LogP contribution in [0.15, 0.2) is 30.3 Å². The van der Waals surface area contributed by atoms with Crippen molar-refractivity contribution in [2.75, 3.05) is 13.1 Å². The van der Waals surface area contributed by atoms with Gasteiger partial charge in [-0.3, -0.25) is 14.9 Å². The van der Waals surface area contributed by atoms with Crippen molar-refractivity contribution in [2.24, 2.45) is 0 Å². The molecule has 0 aromatic heterocycles. The zero-order valence-electron chi connectivity index (χ0n) is 9.91. The Balaban J connectivity index is 2.06. The van der Waals surface area contributed by atoms with Crippen LogP contribution in [-0.4, -0.2) is 28.8 Å². The van der Waals surface area contributed by atoms with Gasteiger partial charge in [0.25, 0.3) is 5.69 Å². The van der Waals surface area contributed by atoms with Crippen LogP contribution >= 0.6 is 0 Å². The van der Waals surface area contributed by atoms with Gasteiger partial charge in [0.2, 0.25) is 5.91 Å². The van der Waals surface area contributed by atoms with Crippen LogP contribution in [0, 0.1) is 10.1 Å². The van der Waals surface area contributed by atoms with E-state index in [0.29, 0.717) is 5.56 Å². The number of benzene rings is 1. The van der Waals surface area contributed by atoms with Crippen LogP contribution < -0.4 is 0 Å². The second-order valence-electron chi connectivity index (χ2n) is 4.22. The van der Waals surface area contributed by atoms with Gasteiger partial charge in [0.05, 0.1) is 4.92 Å². The molecule has 0 bridgehead atoms. The molecule has 5 nitrogen and oxygen atoms in total. The first-order valence-corrected chi connectivity index (χ1v) is 5.88. The number of nitro benzene ring substituents is 1. The zero-order valence-corrected chi connectivity index (χ0v) is 9.91. The van der Waals surface area contributed by atoms with Gasteiger partial charge in [-0.05, 0) is 24.5 Å². The maximum absolute atomic E-state index is 11.7. The number of amides is 1. The number of hydrogen-bond acceptors (Lipinski definition) is 3. The van der Waals surface area contributed by atoms with Crippen LogP contribution in [-0.2, 0) is 4.79 Å². The quantitative estimate of drug-likeness (QED) is 0.466. The van der Waals surface area contributed by atoms with E-state index in [0.717, 1.165) is 25.9 Å². The predicted molar refractivity (Wildman–Crippen MR) is 67.9 cm³/mol. The molecule has 18 heavy (non-hydrogen) atoms. The number of hydrogen-bond donors (Lipinski definition) is 0. The number of carbonyl (C=O) groups excluding carboxylic acids is 1. The first-order valence-electron chi connectivity index (χ1n) is 5.88. The molecule has 1 fully saturated rings. The van der Waals surface area contributed by atoms with Crippen molar-refractivity contribution in [3.8, 4) is 0 Å². The maximum Gasteiger partial charge on any atom is 0.270 e. The second kappa shape index (κ2) is 5.44. The molecule has 1 heterocycles. The predicted octanol–water partition coefficient (Wildman–Crippen LogP) is 2.23. The molecule has 0 radical (unpaired) electrons. The number of nitrogens with zero attached hydrogens (tertiary/aromatic N) is 2. The lowest BCUT2D eigenvalue weighted by Gasteiger charge is -2.11. The maximum atomic E-state index is 11.7. The number of nitro groups is 1. The Bertz CT molecular complexity index is 491. The normalized spacial score (nSPS) is 15.2. The summed E-state index contributed by atoms with van der Waals surface area (Å²) in [6, 6.07) is 6.23. The first kappa shape index (κ1) is 12.3. The Labute approximate surface area is 105 Å². The van der Waals surface area contributed by atoms with Crippen molar-refractivity contribution in [1.29, 1.82) is 0 Å². The Morgan fingerprint density at radius 2 is 2.06 bits per heavy atom. The number of carbonyl (C=O) groups is 1. The Hall–Kier alpha value is -2.17. The third-order valence-electron chi connectivity index (χ3n) is 2.92. The molecule has 0 unspecified atom stereocenters. The van der Waals surface area contributed by atoms with Gasteiger partial charge in [0.15, 0.2) is 0 Å². The van der Waals surface area contributed by atoms with Gasteiger partial charge in [-0.2, -0.15) is 0 Å². The molecule has 2 rings (SSSR count). The van der Waals surface area contributed by atoms with Crippen molar-refractivity contribution in [2.45, 2.75) is 12.8 Å². The summed E-state index contributed by atoms with van der Waals surface area (Å²) in [7, 11) is 0. The molecular weight excluding hydrogens is 232 g/mol. The van der Waals surface area contributed by atoms with Crippen LogP contribution in [0.2, 0.25) is 0 Å². The Morgan fingerprint density at radius 3 is 2.72 bits per heavy atom. The van der Waals surface area contributed by atoms with E-state index in [1.807, 2.05) is 0 Å². The lowest BCUT2D eigenvalue weighted by Crippen LogP contribution is -2.25. The van der Waals surface area contributed by atoms with E-state index in [-0.39, 0.29) is 11.6 Å². The van der Waals surface area contributed by atoms with E-state index < -0.39 is 4.92 Å². The van der Waals surface area contributed by atoms with Crippen LogP contribution in [0.5, 0.6) is 0 Å². The summed E-state index contributed by atoms with van der Waals surface area (Å²) in [5, 5.41) is 10.6. The largest absolute Gasteiger partial charge is 0.339 e. The third-order valence-corrected chi connectivity index (χ3v) is 2.92. The summed E-state index contributed by atoms with van der Waals surface area (Å²) in [5.74, 6) is -0.0287. The molecule has 5 heteroatoms. The fourth-order valence-corrected chi connectivity index (χ4v) is 1.95. The number of rotatable bonds is 3. The minimum atomic E-state index is -0.445. The molecule has 1 aliphatic rings. The summed E-state index contributed by atoms with van der Waals surface area (Å²) in [4.78, 5) is 23.7. The SMILES string of the molecule is O=C(/C=C\c1cccc([N+](=O)[O-])c1)N1CCCC1. The molecule has 1 amide bonds. The van der Waals surface area contributed by atoms with Crippen LogP contribution in [0.3, 0.4) is 0 Å². The van der Waals surface area contributed by atoms with Crippen molar-refractivity contribution in [1.82, 2.24) is 4.90 Å². The van der Waals surface area contributed by atoms with Crippen molar-refractivity contribution in [3.05, 3.63) is 46.0 Å². The minimum absolute atomic E-state index is 0.0287. The molecule has 1 aromatic carbocycles. The van der Waals surface area contributed by atoms with Gasteiger partial charge < -0.3 is 4.90 Å². The molecule has 0 N–H and O–H groups in total. The fraction of sp³-hybridized carbons (Fsp3) is 0.308. The highest BCUT2D eigenvalue weighted by Gasteiger charge is 2.15. The van der Waals surface area contributed by atoms with Gasteiger partial charge in [0, 0.05) is 31.3 Å². The third kappa shape index (κ3) is 2.94. The molecule has 1 aromatic rings. The van der Waals surface area contributed by atoms with Crippen LogP contribution in [0.25, 0.3) is 6.08 Å². The van der Waals surface area contributed by atoms with Gasteiger partial charge >= 0.3 is 0 Å². The van der Waals surface area contributed by atoms with E-state index >= 15 is 0 Å². The van der Waals surface area contributed by atoms with Gasteiger partial charge in [-0.25, -0.2) is 0 Å². The molecule has 0 atom stereocenters.